The lowest BCUT2D eigenvalue weighted by molar-refractivity contribution is 0.0963. The van der Waals surface area contributed by atoms with Crippen LogP contribution < -0.4 is 10.6 Å². The van der Waals surface area contributed by atoms with Crippen LogP contribution in [0.3, 0.4) is 0 Å². The molecule has 8 nitrogen and oxygen atoms in total. The Labute approximate surface area is 177 Å². The largest absolute Gasteiger partial charge is 0.450 e. The number of amides is 1. The molecule has 8 heteroatoms. The third-order valence-corrected chi connectivity index (χ3v) is 5.75. The molecule has 1 unspecified atom stereocenters. The Morgan fingerprint density at radius 2 is 1.72 bits per heavy atom. The fourth-order valence-corrected chi connectivity index (χ4v) is 3.97. The van der Waals surface area contributed by atoms with E-state index in [1.807, 2.05) is 6.92 Å². The highest BCUT2D eigenvalue weighted by atomic mass is 16.6. The summed E-state index contributed by atoms with van der Waals surface area (Å²) in [5.74, 6) is 1.43. The highest BCUT2D eigenvalue weighted by Crippen LogP contribution is 2.12. The smallest absolute Gasteiger partial charge is 0.409 e. The Kier molecular flexibility index (Phi) is 10.6. The van der Waals surface area contributed by atoms with E-state index in [4.69, 9.17) is 9.73 Å². The van der Waals surface area contributed by atoms with Crippen molar-refractivity contribution in [2.45, 2.75) is 46.6 Å². The lowest BCUT2D eigenvalue weighted by Gasteiger charge is -2.35. The van der Waals surface area contributed by atoms with Gasteiger partial charge in [0.15, 0.2) is 5.96 Å². The van der Waals surface area contributed by atoms with Crippen LogP contribution in [-0.2, 0) is 4.74 Å². The van der Waals surface area contributed by atoms with Crippen LogP contribution in [-0.4, -0.2) is 105 Å². The molecule has 0 aromatic carbocycles. The van der Waals surface area contributed by atoms with Crippen LogP contribution in [0.4, 0.5) is 4.79 Å². The first-order valence-corrected chi connectivity index (χ1v) is 11.5. The Balaban J connectivity index is 1.74. The van der Waals surface area contributed by atoms with E-state index in [1.54, 1.807) is 4.90 Å². The van der Waals surface area contributed by atoms with E-state index in [2.05, 4.69) is 41.2 Å². The van der Waals surface area contributed by atoms with E-state index in [1.165, 1.54) is 26.2 Å². The second-order valence-electron chi connectivity index (χ2n) is 8.16. The van der Waals surface area contributed by atoms with Gasteiger partial charge in [-0.3, -0.25) is 4.99 Å². The standard InChI is InChI=1S/C21H42N6O2/c1-5-22-20(24-19-8-10-27(11-9-19)21(28)29-7-3)23-16-18(4)17-26-14-12-25(6-2)13-15-26/h18-19H,5-17H2,1-4H3,(H2,22,23,24). The highest BCUT2D eigenvalue weighted by molar-refractivity contribution is 5.80. The maximum atomic E-state index is 11.8. The lowest BCUT2D eigenvalue weighted by atomic mass is 10.1. The topological polar surface area (TPSA) is 72.4 Å². The number of likely N-dealkylation sites (tertiary alicyclic amines) is 1. The predicted octanol–water partition coefficient (Wildman–Crippen LogP) is 1.44. The summed E-state index contributed by atoms with van der Waals surface area (Å²) < 4.78 is 5.10. The van der Waals surface area contributed by atoms with Crippen LogP contribution in [0.5, 0.6) is 0 Å². The number of aliphatic imine (C=N–C) groups is 1. The van der Waals surface area contributed by atoms with E-state index in [9.17, 15) is 4.79 Å². The molecule has 0 aromatic heterocycles. The van der Waals surface area contributed by atoms with E-state index in [0.717, 1.165) is 58.1 Å². The van der Waals surface area contributed by atoms with E-state index < -0.39 is 0 Å². The molecule has 2 saturated heterocycles. The van der Waals surface area contributed by atoms with Crippen LogP contribution in [0.2, 0.25) is 0 Å². The Hall–Kier alpha value is -1.54. The number of piperidine rings is 1. The Bertz CT molecular complexity index is 499. The molecule has 2 aliphatic heterocycles. The number of carbonyl (C=O) groups excluding carboxylic acids is 1. The van der Waals surface area contributed by atoms with Gasteiger partial charge in [-0.15, -0.1) is 0 Å². The molecule has 2 N–H and O–H groups in total. The van der Waals surface area contributed by atoms with Crippen LogP contribution in [0.15, 0.2) is 4.99 Å². The average Bonchev–Trinajstić information content (AvgIpc) is 2.73. The fourth-order valence-electron chi connectivity index (χ4n) is 3.97. The predicted molar refractivity (Wildman–Crippen MR) is 118 cm³/mol. The van der Waals surface area contributed by atoms with Crippen molar-refractivity contribution in [2.75, 3.05) is 72.1 Å². The molecule has 1 amide bonds. The zero-order valence-corrected chi connectivity index (χ0v) is 19.0. The molecule has 0 aliphatic carbocycles. The normalized spacial score (nSPS) is 21.1. The minimum Gasteiger partial charge on any atom is -0.450 e. The summed E-state index contributed by atoms with van der Waals surface area (Å²) in [6.07, 6.45) is 1.64. The summed E-state index contributed by atoms with van der Waals surface area (Å²) in [4.78, 5) is 23.6. The van der Waals surface area contributed by atoms with Gasteiger partial charge in [0.1, 0.15) is 0 Å². The van der Waals surface area contributed by atoms with E-state index in [0.29, 0.717) is 18.6 Å². The van der Waals surface area contributed by atoms with Crippen LogP contribution in [0.25, 0.3) is 0 Å². The van der Waals surface area contributed by atoms with Crippen molar-refractivity contribution in [1.29, 1.82) is 0 Å². The molecule has 0 spiro atoms. The third-order valence-electron chi connectivity index (χ3n) is 5.75. The van der Waals surface area contributed by atoms with Gasteiger partial charge in [-0.1, -0.05) is 13.8 Å². The summed E-state index contributed by atoms with van der Waals surface area (Å²) in [7, 11) is 0. The van der Waals surface area contributed by atoms with Crippen molar-refractivity contribution in [2.24, 2.45) is 10.9 Å². The number of likely N-dealkylation sites (N-methyl/N-ethyl adjacent to an activating group) is 1. The minimum absolute atomic E-state index is 0.194. The first-order chi connectivity index (χ1) is 14.0. The van der Waals surface area contributed by atoms with Crippen LogP contribution >= 0.6 is 0 Å². The van der Waals surface area contributed by atoms with Gasteiger partial charge in [-0.25, -0.2) is 4.79 Å². The van der Waals surface area contributed by atoms with Crippen molar-refractivity contribution in [3.63, 3.8) is 0 Å². The number of rotatable bonds is 8. The van der Waals surface area contributed by atoms with Crippen molar-refractivity contribution in [3.8, 4) is 0 Å². The summed E-state index contributed by atoms with van der Waals surface area (Å²) in [5, 5.41) is 6.93. The lowest BCUT2D eigenvalue weighted by Crippen LogP contribution is -2.50. The minimum atomic E-state index is -0.194. The van der Waals surface area contributed by atoms with E-state index >= 15 is 0 Å². The molecular weight excluding hydrogens is 368 g/mol. The van der Waals surface area contributed by atoms with Gasteiger partial charge in [0.25, 0.3) is 0 Å². The summed E-state index contributed by atoms with van der Waals surface area (Å²) >= 11 is 0. The van der Waals surface area contributed by atoms with Gasteiger partial charge < -0.3 is 30.1 Å². The molecular formula is C21H42N6O2. The van der Waals surface area contributed by atoms with Gasteiger partial charge in [-0.05, 0) is 39.2 Å². The molecule has 0 radical (unpaired) electrons. The third kappa shape index (κ3) is 8.38. The first kappa shape index (κ1) is 23.7. The molecule has 168 valence electrons. The number of carbonyl (C=O) groups is 1. The number of guanidine groups is 1. The summed E-state index contributed by atoms with van der Waals surface area (Å²) in [6, 6.07) is 0.343. The van der Waals surface area contributed by atoms with Gasteiger partial charge in [-0.2, -0.15) is 0 Å². The van der Waals surface area contributed by atoms with Crippen LogP contribution in [0, 0.1) is 5.92 Å². The summed E-state index contributed by atoms with van der Waals surface area (Å²) in [6.45, 7) is 19.0. The van der Waals surface area contributed by atoms with Crippen molar-refractivity contribution in [3.05, 3.63) is 0 Å². The quantitative estimate of drug-likeness (QED) is 0.466. The van der Waals surface area contributed by atoms with Gasteiger partial charge in [0, 0.05) is 64.9 Å². The fraction of sp³-hybridized carbons (Fsp3) is 0.905. The Morgan fingerprint density at radius 3 is 2.31 bits per heavy atom. The summed E-state index contributed by atoms with van der Waals surface area (Å²) in [5.41, 5.74) is 0. The number of nitrogens with zero attached hydrogens (tertiary/aromatic N) is 4. The van der Waals surface area contributed by atoms with Gasteiger partial charge >= 0.3 is 6.09 Å². The van der Waals surface area contributed by atoms with Crippen molar-refractivity contribution < 1.29 is 9.53 Å². The number of hydrogen-bond donors (Lipinski definition) is 2. The average molecular weight is 411 g/mol. The maximum Gasteiger partial charge on any atom is 0.409 e. The van der Waals surface area contributed by atoms with Crippen molar-refractivity contribution >= 4 is 12.1 Å². The van der Waals surface area contributed by atoms with E-state index in [-0.39, 0.29) is 6.09 Å². The molecule has 29 heavy (non-hydrogen) atoms. The maximum absolute atomic E-state index is 11.8. The molecule has 1 atom stereocenters. The van der Waals surface area contributed by atoms with Gasteiger partial charge in [0.2, 0.25) is 0 Å². The molecule has 2 fully saturated rings. The second-order valence-corrected chi connectivity index (χ2v) is 8.16. The molecule has 2 aliphatic rings. The molecule has 2 heterocycles. The number of piperazine rings is 1. The molecule has 0 saturated carbocycles. The highest BCUT2D eigenvalue weighted by Gasteiger charge is 2.24. The second kappa shape index (κ2) is 12.9. The first-order valence-electron chi connectivity index (χ1n) is 11.5. The number of hydrogen-bond acceptors (Lipinski definition) is 5. The Morgan fingerprint density at radius 1 is 1.07 bits per heavy atom. The zero-order chi connectivity index (χ0) is 21.1. The monoisotopic (exact) mass is 410 g/mol. The van der Waals surface area contributed by atoms with Crippen LogP contribution in [0.1, 0.15) is 40.5 Å². The SMILES string of the molecule is CCNC(=NCC(C)CN1CCN(CC)CC1)NC1CCN(C(=O)OCC)CC1. The molecule has 0 aromatic rings. The van der Waals surface area contributed by atoms with Gasteiger partial charge in [0.05, 0.1) is 6.61 Å². The number of ether oxygens (including phenoxy) is 1. The molecule has 2 rings (SSSR count). The number of nitrogens with one attached hydrogen (secondary N) is 2. The zero-order valence-electron chi connectivity index (χ0n) is 19.0. The van der Waals surface area contributed by atoms with Crippen molar-refractivity contribution in [1.82, 2.24) is 25.3 Å². The molecule has 0 bridgehead atoms.